The fourth-order valence-corrected chi connectivity index (χ4v) is 1.92. The van der Waals surface area contributed by atoms with Crippen molar-refractivity contribution in [3.8, 4) is 0 Å². The van der Waals surface area contributed by atoms with Crippen molar-refractivity contribution >= 4 is 5.82 Å². The van der Waals surface area contributed by atoms with Gasteiger partial charge in [-0.2, -0.15) is 0 Å². The molecule has 1 unspecified atom stereocenters. The lowest BCUT2D eigenvalue weighted by molar-refractivity contribution is 0.220. The van der Waals surface area contributed by atoms with Gasteiger partial charge in [0.1, 0.15) is 11.9 Å². The highest BCUT2D eigenvalue weighted by atomic mass is 16.3. The van der Waals surface area contributed by atoms with Crippen molar-refractivity contribution in [2.24, 2.45) is 0 Å². The lowest BCUT2D eigenvalue weighted by Crippen LogP contribution is -2.04. The van der Waals surface area contributed by atoms with Crippen molar-refractivity contribution in [3.63, 3.8) is 0 Å². The summed E-state index contributed by atoms with van der Waals surface area (Å²) >= 11 is 0. The third-order valence-corrected chi connectivity index (χ3v) is 3.15. The Bertz CT molecular complexity index is 506. The molecule has 0 spiro atoms. The van der Waals surface area contributed by atoms with E-state index in [4.69, 9.17) is 0 Å². The summed E-state index contributed by atoms with van der Waals surface area (Å²) in [5, 5.41) is 13.5. The summed E-state index contributed by atoms with van der Waals surface area (Å²) in [6.45, 7) is 0. The van der Waals surface area contributed by atoms with E-state index in [1.165, 1.54) is 12.8 Å². The number of hydrogen-bond donors (Lipinski definition) is 2. The maximum atomic E-state index is 10.2. The van der Waals surface area contributed by atoms with E-state index in [1.54, 1.807) is 6.20 Å². The molecule has 0 aliphatic heterocycles. The fraction of sp³-hybridized carbons (Fsp3) is 0.267. The van der Waals surface area contributed by atoms with Crippen LogP contribution in [-0.4, -0.2) is 16.1 Å². The summed E-state index contributed by atoms with van der Waals surface area (Å²) < 4.78 is 0. The lowest BCUT2D eigenvalue weighted by atomic mass is 10.0. The molecule has 1 atom stereocenters. The Morgan fingerprint density at radius 2 is 1.83 bits per heavy atom. The standard InChI is InChI=1S/C15H16N2O/c18-15(11-4-2-1-3-5-11)12-6-9-14(16-10-12)17-13-7-8-13/h1-6,9-10,13,15,18H,7-8H2,(H,16,17). The lowest BCUT2D eigenvalue weighted by Gasteiger charge is -2.11. The minimum absolute atomic E-state index is 0.599. The quantitative estimate of drug-likeness (QED) is 0.863. The van der Waals surface area contributed by atoms with E-state index in [-0.39, 0.29) is 0 Å². The first-order chi connectivity index (χ1) is 8.83. The Morgan fingerprint density at radius 1 is 1.06 bits per heavy atom. The summed E-state index contributed by atoms with van der Waals surface area (Å²) in [5.74, 6) is 0.890. The molecule has 1 fully saturated rings. The van der Waals surface area contributed by atoms with Gasteiger partial charge in [-0.25, -0.2) is 4.98 Å². The van der Waals surface area contributed by atoms with Crippen molar-refractivity contribution in [2.75, 3.05) is 5.32 Å². The van der Waals surface area contributed by atoms with Crippen LogP contribution >= 0.6 is 0 Å². The highest BCUT2D eigenvalue weighted by molar-refractivity contribution is 5.39. The number of hydrogen-bond acceptors (Lipinski definition) is 3. The molecular weight excluding hydrogens is 224 g/mol. The molecule has 3 heteroatoms. The molecule has 1 heterocycles. The van der Waals surface area contributed by atoms with Crippen LogP contribution in [0, 0.1) is 0 Å². The number of nitrogens with zero attached hydrogens (tertiary/aromatic N) is 1. The van der Waals surface area contributed by atoms with Gasteiger partial charge in [-0.15, -0.1) is 0 Å². The number of aliphatic hydroxyl groups is 1. The highest BCUT2D eigenvalue weighted by Crippen LogP contribution is 2.25. The molecule has 1 aliphatic carbocycles. The molecule has 18 heavy (non-hydrogen) atoms. The van der Waals surface area contributed by atoms with Crippen LogP contribution in [0.25, 0.3) is 0 Å². The molecule has 92 valence electrons. The smallest absolute Gasteiger partial charge is 0.126 e. The highest BCUT2D eigenvalue weighted by Gasteiger charge is 2.21. The van der Waals surface area contributed by atoms with Crippen LogP contribution in [-0.2, 0) is 0 Å². The van der Waals surface area contributed by atoms with Crippen LogP contribution in [0.2, 0.25) is 0 Å². The van der Waals surface area contributed by atoms with Gasteiger partial charge in [0.15, 0.2) is 0 Å². The predicted molar refractivity (Wildman–Crippen MR) is 71.4 cm³/mol. The van der Waals surface area contributed by atoms with Gasteiger partial charge in [-0.1, -0.05) is 36.4 Å². The number of benzene rings is 1. The first kappa shape index (κ1) is 11.2. The third-order valence-electron chi connectivity index (χ3n) is 3.15. The van der Waals surface area contributed by atoms with Gasteiger partial charge in [0, 0.05) is 17.8 Å². The number of aromatic nitrogens is 1. The van der Waals surface area contributed by atoms with Crippen molar-refractivity contribution in [3.05, 3.63) is 59.8 Å². The average Bonchev–Trinajstić information content (AvgIpc) is 3.24. The molecule has 1 aromatic carbocycles. The second-order valence-electron chi connectivity index (χ2n) is 4.71. The van der Waals surface area contributed by atoms with E-state index in [0.29, 0.717) is 6.04 Å². The van der Waals surface area contributed by atoms with Gasteiger partial charge in [-0.3, -0.25) is 0 Å². The van der Waals surface area contributed by atoms with Gasteiger partial charge < -0.3 is 10.4 Å². The Hall–Kier alpha value is -1.87. The number of nitrogens with one attached hydrogen (secondary N) is 1. The van der Waals surface area contributed by atoms with Gasteiger partial charge in [0.2, 0.25) is 0 Å². The van der Waals surface area contributed by atoms with Crippen molar-refractivity contribution in [2.45, 2.75) is 25.0 Å². The van der Waals surface area contributed by atoms with Gasteiger partial charge in [-0.05, 0) is 24.5 Å². The number of rotatable bonds is 4. The first-order valence-corrected chi connectivity index (χ1v) is 6.28. The SMILES string of the molecule is OC(c1ccccc1)c1ccc(NC2CC2)nc1. The molecular formula is C15H16N2O. The first-order valence-electron chi connectivity index (χ1n) is 6.28. The van der Waals surface area contributed by atoms with Crippen LogP contribution in [0.1, 0.15) is 30.1 Å². The third kappa shape index (κ3) is 2.51. The Kier molecular flexibility index (Phi) is 2.99. The zero-order chi connectivity index (χ0) is 12.4. The van der Waals surface area contributed by atoms with E-state index in [0.717, 1.165) is 16.9 Å². The monoisotopic (exact) mass is 240 g/mol. The summed E-state index contributed by atoms with van der Waals surface area (Å²) in [6.07, 6.45) is 3.60. The molecule has 0 radical (unpaired) electrons. The zero-order valence-corrected chi connectivity index (χ0v) is 10.1. The second kappa shape index (κ2) is 4.78. The molecule has 2 aromatic rings. The van der Waals surface area contributed by atoms with E-state index >= 15 is 0 Å². The molecule has 1 aliphatic rings. The summed E-state index contributed by atoms with van der Waals surface area (Å²) in [7, 11) is 0. The van der Waals surface area contributed by atoms with E-state index in [2.05, 4.69) is 10.3 Å². The van der Waals surface area contributed by atoms with Crippen LogP contribution in [0.15, 0.2) is 48.7 Å². The largest absolute Gasteiger partial charge is 0.384 e. The van der Waals surface area contributed by atoms with Crippen LogP contribution in [0.3, 0.4) is 0 Å². The normalized spacial score (nSPS) is 16.3. The van der Waals surface area contributed by atoms with E-state index in [1.807, 2.05) is 42.5 Å². The maximum Gasteiger partial charge on any atom is 0.126 e. The van der Waals surface area contributed by atoms with Crippen LogP contribution < -0.4 is 5.32 Å². The average molecular weight is 240 g/mol. The number of pyridine rings is 1. The minimum atomic E-state index is -0.603. The number of anilines is 1. The topological polar surface area (TPSA) is 45.1 Å². The van der Waals surface area contributed by atoms with Gasteiger partial charge in [0.05, 0.1) is 0 Å². The second-order valence-corrected chi connectivity index (χ2v) is 4.71. The van der Waals surface area contributed by atoms with Crippen LogP contribution in [0.4, 0.5) is 5.82 Å². The minimum Gasteiger partial charge on any atom is -0.384 e. The van der Waals surface area contributed by atoms with E-state index < -0.39 is 6.10 Å². The molecule has 0 bridgehead atoms. The molecule has 1 saturated carbocycles. The zero-order valence-electron chi connectivity index (χ0n) is 10.1. The van der Waals surface area contributed by atoms with Gasteiger partial charge >= 0.3 is 0 Å². The molecule has 1 aromatic heterocycles. The summed E-state index contributed by atoms with van der Waals surface area (Å²) in [4.78, 5) is 4.33. The Morgan fingerprint density at radius 3 is 2.44 bits per heavy atom. The number of aliphatic hydroxyl groups excluding tert-OH is 1. The van der Waals surface area contributed by atoms with Crippen LogP contribution in [0.5, 0.6) is 0 Å². The fourth-order valence-electron chi connectivity index (χ4n) is 1.92. The van der Waals surface area contributed by atoms with E-state index in [9.17, 15) is 5.11 Å². The molecule has 0 amide bonds. The molecule has 0 saturated heterocycles. The maximum absolute atomic E-state index is 10.2. The van der Waals surface area contributed by atoms with Gasteiger partial charge in [0.25, 0.3) is 0 Å². The Labute approximate surface area is 107 Å². The molecule has 2 N–H and O–H groups in total. The molecule has 3 nitrogen and oxygen atoms in total. The predicted octanol–water partition coefficient (Wildman–Crippen LogP) is 2.74. The van der Waals surface area contributed by atoms with Crippen molar-refractivity contribution in [1.29, 1.82) is 0 Å². The summed E-state index contributed by atoms with van der Waals surface area (Å²) in [5.41, 5.74) is 1.71. The molecule has 3 rings (SSSR count). The van der Waals surface area contributed by atoms with Crippen molar-refractivity contribution in [1.82, 2.24) is 4.98 Å². The summed E-state index contributed by atoms with van der Waals surface area (Å²) in [6, 6.07) is 14.1. The Balaban J connectivity index is 1.75. The van der Waals surface area contributed by atoms with Crippen molar-refractivity contribution < 1.29 is 5.11 Å².